The summed E-state index contributed by atoms with van der Waals surface area (Å²) >= 11 is 0. The van der Waals surface area contributed by atoms with Crippen LogP contribution in [-0.4, -0.2) is 39.4 Å². The van der Waals surface area contributed by atoms with E-state index in [1.165, 1.54) is 12.3 Å². The van der Waals surface area contributed by atoms with Gasteiger partial charge < -0.3 is 9.64 Å². The number of anilines is 1. The number of aromatic nitrogens is 3. The number of pyridine rings is 1. The first-order chi connectivity index (χ1) is 10.5. The predicted molar refractivity (Wildman–Crippen MR) is 79.6 cm³/mol. The van der Waals surface area contributed by atoms with Crippen molar-refractivity contribution in [2.75, 3.05) is 24.6 Å². The summed E-state index contributed by atoms with van der Waals surface area (Å²) in [4.78, 5) is 16.5. The van der Waals surface area contributed by atoms with E-state index in [-0.39, 0.29) is 5.69 Å². The Bertz CT molecular complexity index is 684. The van der Waals surface area contributed by atoms with Crippen molar-refractivity contribution < 1.29 is 9.66 Å². The highest BCUT2D eigenvalue weighted by atomic mass is 16.6. The van der Waals surface area contributed by atoms with Crippen molar-refractivity contribution in [1.82, 2.24) is 14.8 Å². The molecule has 0 N–H and O–H groups in total. The number of ether oxygens (including phenoxy) is 1. The van der Waals surface area contributed by atoms with E-state index in [0.29, 0.717) is 25.5 Å². The first kappa shape index (κ1) is 14.5. The zero-order valence-corrected chi connectivity index (χ0v) is 12.5. The second kappa shape index (κ2) is 5.38. The highest BCUT2D eigenvalue weighted by Crippen LogP contribution is 2.31. The Morgan fingerprint density at radius 1 is 1.41 bits per heavy atom. The average molecular weight is 303 g/mol. The zero-order valence-electron chi connectivity index (χ0n) is 12.5. The van der Waals surface area contributed by atoms with Crippen LogP contribution in [0.5, 0.6) is 0 Å². The largest absolute Gasteiger partial charge is 0.367 e. The van der Waals surface area contributed by atoms with E-state index in [9.17, 15) is 10.1 Å². The predicted octanol–water partition coefficient (Wildman–Crippen LogP) is 1.48. The summed E-state index contributed by atoms with van der Waals surface area (Å²) in [7, 11) is 1.87. The molecular weight excluding hydrogens is 286 g/mol. The lowest BCUT2D eigenvalue weighted by atomic mass is 9.97. The summed E-state index contributed by atoms with van der Waals surface area (Å²) in [5, 5.41) is 14.9. The maximum Gasteiger partial charge on any atom is 0.287 e. The fourth-order valence-corrected chi connectivity index (χ4v) is 2.61. The molecule has 2 aromatic rings. The van der Waals surface area contributed by atoms with Gasteiger partial charge in [0.05, 0.1) is 24.3 Å². The molecule has 116 valence electrons. The van der Waals surface area contributed by atoms with Crippen molar-refractivity contribution in [3.63, 3.8) is 0 Å². The van der Waals surface area contributed by atoms with Crippen LogP contribution in [0.3, 0.4) is 0 Å². The van der Waals surface area contributed by atoms with Gasteiger partial charge in [-0.25, -0.2) is 4.98 Å². The quantitative estimate of drug-likeness (QED) is 0.630. The molecule has 1 fully saturated rings. The molecule has 0 amide bonds. The first-order valence-corrected chi connectivity index (χ1v) is 6.96. The first-order valence-electron chi connectivity index (χ1n) is 6.96. The SMILES string of the molecule is Cn1cc(C2(C)CN(c3ccc([N+](=O)[O-])cn3)CCO2)cn1. The number of aryl methyl sites for hydroxylation is 1. The van der Waals surface area contributed by atoms with Gasteiger partial charge in [-0.1, -0.05) is 0 Å². The van der Waals surface area contributed by atoms with Crippen molar-refractivity contribution in [3.8, 4) is 0 Å². The Kier molecular flexibility index (Phi) is 3.53. The van der Waals surface area contributed by atoms with Crippen LogP contribution in [0.15, 0.2) is 30.7 Å². The van der Waals surface area contributed by atoms with Crippen molar-refractivity contribution in [3.05, 3.63) is 46.4 Å². The Morgan fingerprint density at radius 3 is 2.82 bits per heavy atom. The molecule has 1 atom stereocenters. The van der Waals surface area contributed by atoms with Crippen LogP contribution in [0.4, 0.5) is 11.5 Å². The van der Waals surface area contributed by atoms with Crippen molar-refractivity contribution >= 4 is 11.5 Å². The Morgan fingerprint density at radius 2 is 2.23 bits per heavy atom. The van der Waals surface area contributed by atoms with Crippen LogP contribution in [0.1, 0.15) is 12.5 Å². The number of nitro groups is 1. The maximum atomic E-state index is 10.7. The van der Waals surface area contributed by atoms with Gasteiger partial charge in [-0.2, -0.15) is 5.10 Å². The van der Waals surface area contributed by atoms with E-state index < -0.39 is 10.5 Å². The molecule has 8 heteroatoms. The second-order valence-corrected chi connectivity index (χ2v) is 5.54. The van der Waals surface area contributed by atoms with Gasteiger partial charge in [0, 0.05) is 31.4 Å². The molecule has 0 aliphatic carbocycles. The molecule has 0 spiro atoms. The van der Waals surface area contributed by atoms with Gasteiger partial charge in [-0.15, -0.1) is 0 Å². The number of morpholine rings is 1. The van der Waals surface area contributed by atoms with Crippen LogP contribution < -0.4 is 4.90 Å². The van der Waals surface area contributed by atoms with Gasteiger partial charge in [0.25, 0.3) is 5.69 Å². The second-order valence-electron chi connectivity index (χ2n) is 5.54. The van der Waals surface area contributed by atoms with Gasteiger partial charge in [-0.05, 0) is 13.0 Å². The molecule has 0 radical (unpaired) electrons. The highest BCUT2D eigenvalue weighted by Gasteiger charge is 2.35. The minimum atomic E-state index is -0.476. The Balaban J connectivity index is 1.82. The molecule has 2 aromatic heterocycles. The zero-order chi connectivity index (χ0) is 15.7. The summed E-state index contributed by atoms with van der Waals surface area (Å²) in [6.07, 6.45) is 5.02. The van der Waals surface area contributed by atoms with Gasteiger partial charge >= 0.3 is 0 Å². The third kappa shape index (κ3) is 2.64. The van der Waals surface area contributed by atoms with Crippen molar-refractivity contribution in [2.45, 2.75) is 12.5 Å². The van der Waals surface area contributed by atoms with Crippen LogP contribution in [0.2, 0.25) is 0 Å². The maximum absolute atomic E-state index is 10.7. The van der Waals surface area contributed by atoms with E-state index >= 15 is 0 Å². The smallest absolute Gasteiger partial charge is 0.287 e. The summed E-state index contributed by atoms with van der Waals surface area (Å²) in [6, 6.07) is 3.15. The lowest BCUT2D eigenvalue weighted by Gasteiger charge is -2.40. The van der Waals surface area contributed by atoms with E-state index in [1.807, 2.05) is 20.2 Å². The van der Waals surface area contributed by atoms with Gasteiger partial charge in [0.15, 0.2) is 0 Å². The normalized spacial score (nSPS) is 21.8. The van der Waals surface area contributed by atoms with Gasteiger partial charge in [0.2, 0.25) is 0 Å². The molecular formula is C14H17N5O3. The molecule has 3 heterocycles. The van der Waals surface area contributed by atoms with Crippen LogP contribution in [0, 0.1) is 10.1 Å². The monoisotopic (exact) mass is 303 g/mol. The molecule has 22 heavy (non-hydrogen) atoms. The lowest BCUT2D eigenvalue weighted by Crippen LogP contribution is -2.48. The Labute approximate surface area is 127 Å². The third-order valence-electron chi connectivity index (χ3n) is 3.86. The summed E-state index contributed by atoms with van der Waals surface area (Å²) in [5.41, 5.74) is 0.518. The number of hydrogen-bond acceptors (Lipinski definition) is 6. The molecule has 1 unspecified atom stereocenters. The van der Waals surface area contributed by atoms with Crippen LogP contribution >= 0.6 is 0 Å². The van der Waals surface area contributed by atoms with E-state index in [2.05, 4.69) is 15.0 Å². The number of nitrogens with zero attached hydrogens (tertiary/aromatic N) is 5. The van der Waals surface area contributed by atoms with E-state index in [1.54, 1.807) is 16.9 Å². The number of rotatable bonds is 3. The molecule has 8 nitrogen and oxygen atoms in total. The average Bonchev–Trinajstić information content (AvgIpc) is 2.95. The van der Waals surface area contributed by atoms with E-state index in [0.717, 1.165) is 5.56 Å². The lowest BCUT2D eigenvalue weighted by molar-refractivity contribution is -0.385. The standard InChI is InChI=1S/C14H17N5O3/c1-14(11-7-16-17(2)9-11)10-18(5-6-22-14)13-4-3-12(8-15-13)19(20)21/h3-4,7-9H,5-6,10H2,1-2H3. The minimum absolute atomic E-state index is 0.00738. The minimum Gasteiger partial charge on any atom is -0.367 e. The third-order valence-corrected chi connectivity index (χ3v) is 3.86. The molecule has 1 aliphatic heterocycles. The summed E-state index contributed by atoms with van der Waals surface area (Å²) in [5.74, 6) is 0.712. The van der Waals surface area contributed by atoms with Gasteiger partial charge in [-0.3, -0.25) is 14.8 Å². The topological polar surface area (TPSA) is 86.3 Å². The van der Waals surface area contributed by atoms with Crippen LogP contribution in [0.25, 0.3) is 0 Å². The summed E-state index contributed by atoms with van der Waals surface area (Å²) < 4.78 is 7.69. The van der Waals surface area contributed by atoms with E-state index in [4.69, 9.17) is 4.74 Å². The fourth-order valence-electron chi connectivity index (χ4n) is 2.61. The molecule has 0 saturated carbocycles. The fraction of sp³-hybridized carbons (Fsp3) is 0.429. The van der Waals surface area contributed by atoms with Crippen molar-refractivity contribution in [1.29, 1.82) is 0 Å². The molecule has 1 aliphatic rings. The van der Waals surface area contributed by atoms with Crippen molar-refractivity contribution in [2.24, 2.45) is 7.05 Å². The molecule has 3 rings (SSSR count). The van der Waals surface area contributed by atoms with Crippen LogP contribution in [-0.2, 0) is 17.4 Å². The highest BCUT2D eigenvalue weighted by molar-refractivity contribution is 5.44. The molecule has 0 bridgehead atoms. The summed E-state index contributed by atoms with van der Waals surface area (Å²) in [6.45, 7) is 3.88. The Hall–Kier alpha value is -2.48. The van der Waals surface area contributed by atoms with Gasteiger partial charge in [0.1, 0.15) is 17.6 Å². The number of hydrogen-bond donors (Lipinski definition) is 0. The molecule has 0 aromatic carbocycles. The molecule has 1 saturated heterocycles.